The minimum absolute atomic E-state index is 0.0648. The smallest absolute Gasteiger partial charge is 0.224 e. The zero-order valence-corrected chi connectivity index (χ0v) is 12.8. The zero-order chi connectivity index (χ0) is 14.4. The molecule has 0 spiro atoms. The second-order valence-corrected chi connectivity index (χ2v) is 6.81. The molecule has 4 nitrogen and oxygen atoms in total. The van der Waals surface area contributed by atoms with Crippen LogP contribution in [-0.2, 0) is 4.79 Å². The first-order valence-corrected chi connectivity index (χ1v) is 8.18. The minimum Gasteiger partial charge on any atom is -0.399 e. The van der Waals surface area contributed by atoms with Gasteiger partial charge in [0, 0.05) is 41.9 Å². The van der Waals surface area contributed by atoms with E-state index in [4.69, 9.17) is 5.73 Å². The molecule has 1 aliphatic rings. The fourth-order valence-corrected chi connectivity index (χ4v) is 3.48. The SMILES string of the molecule is CC1CN(CCCC(=O)Nc2cccc(N)c2)CCS1. The van der Waals surface area contributed by atoms with Crippen LogP contribution in [0.15, 0.2) is 24.3 Å². The third kappa shape index (κ3) is 5.06. The number of nitrogens with zero attached hydrogens (tertiary/aromatic N) is 1. The number of nitrogens with two attached hydrogens (primary N) is 1. The summed E-state index contributed by atoms with van der Waals surface area (Å²) in [6, 6.07) is 7.29. The van der Waals surface area contributed by atoms with E-state index >= 15 is 0 Å². The lowest BCUT2D eigenvalue weighted by Gasteiger charge is -2.30. The van der Waals surface area contributed by atoms with Crippen molar-refractivity contribution >= 4 is 29.0 Å². The van der Waals surface area contributed by atoms with Crippen LogP contribution in [0.25, 0.3) is 0 Å². The maximum atomic E-state index is 11.9. The highest BCUT2D eigenvalue weighted by Crippen LogP contribution is 2.18. The van der Waals surface area contributed by atoms with Gasteiger partial charge in [-0.05, 0) is 31.2 Å². The van der Waals surface area contributed by atoms with Gasteiger partial charge in [-0.25, -0.2) is 0 Å². The van der Waals surface area contributed by atoms with E-state index in [-0.39, 0.29) is 5.91 Å². The molecule has 1 unspecified atom stereocenters. The Bertz CT molecular complexity index is 452. The summed E-state index contributed by atoms with van der Waals surface area (Å²) in [6.07, 6.45) is 1.47. The average molecular weight is 293 g/mol. The summed E-state index contributed by atoms with van der Waals surface area (Å²) >= 11 is 2.03. The highest BCUT2D eigenvalue weighted by Gasteiger charge is 2.16. The fourth-order valence-electron chi connectivity index (χ4n) is 2.40. The number of carbonyl (C=O) groups excluding carboxylic acids is 1. The second kappa shape index (κ2) is 7.55. The summed E-state index contributed by atoms with van der Waals surface area (Å²) in [5, 5.41) is 3.60. The van der Waals surface area contributed by atoms with E-state index in [1.807, 2.05) is 30.0 Å². The van der Waals surface area contributed by atoms with Crippen molar-refractivity contribution in [2.24, 2.45) is 0 Å². The van der Waals surface area contributed by atoms with Crippen molar-refractivity contribution < 1.29 is 4.79 Å². The zero-order valence-electron chi connectivity index (χ0n) is 12.0. The summed E-state index contributed by atoms with van der Waals surface area (Å²) in [5.74, 6) is 1.27. The molecule has 0 bridgehead atoms. The third-order valence-electron chi connectivity index (χ3n) is 3.37. The predicted octanol–water partition coefficient (Wildman–Crippen LogP) is 2.42. The van der Waals surface area contributed by atoms with Gasteiger partial charge >= 0.3 is 0 Å². The Kier molecular flexibility index (Phi) is 5.73. The van der Waals surface area contributed by atoms with Crippen molar-refractivity contribution in [1.82, 2.24) is 4.90 Å². The Hall–Kier alpha value is -1.20. The molecule has 1 aromatic carbocycles. The molecule has 1 heterocycles. The maximum absolute atomic E-state index is 11.9. The number of carbonyl (C=O) groups is 1. The Labute approximate surface area is 125 Å². The van der Waals surface area contributed by atoms with E-state index in [1.165, 1.54) is 5.75 Å². The van der Waals surface area contributed by atoms with Gasteiger partial charge in [-0.1, -0.05) is 13.0 Å². The van der Waals surface area contributed by atoms with Gasteiger partial charge in [0.25, 0.3) is 0 Å². The van der Waals surface area contributed by atoms with Crippen LogP contribution in [0.5, 0.6) is 0 Å². The van der Waals surface area contributed by atoms with Crippen LogP contribution in [-0.4, -0.2) is 41.4 Å². The van der Waals surface area contributed by atoms with Crippen molar-refractivity contribution in [3.8, 4) is 0 Å². The Morgan fingerprint density at radius 2 is 2.40 bits per heavy atom. The number of anilines is 2. The first-order valence-electron chi connectivity index (χ1n) is 7.13. The molecule has 1 amide bonds. The van der Waals surface area contributed by atoms with Crippen LogP contribution >= 0.6 is 11.8 Å². The summed E-state index contributed by atoms with van der Waals surface area (Å²) in [6.45, 7) is 5.56. The van der Waals surface area contributed by atoms with Crippen molar-refractivity contribution in [1.29, 1.82) is 0 Å². The maximum Gasteiger partial charge on any atom is 0.224 e. The number of hydrogen-bond donors (Lipinski definition) is 2. The minimum atomic E-state index is 0.0648. The molecule has 3 N–H and O–H groups in total. The topological polar surface area (TPSA) is 58.4 Å². The fraction of sp³-hybridized carbons (Fsp3) is 0.533. The van der Waals surface area contributed by atoms with Crippen LogP contribution in [0, 0.1) is 0 Å². The standard InChI is InChI=1S/C15H23N3OS/c1-12-11-18(8-9-20-12)7-3-6-15(19)17-14-5-2-4-13(16)10-14/h2,4-5,10,12H,3,6-9,11,16H2,1H3,(H,17,19). The molecule has 0 saturated carbocycles. The van der Waals surface area contributed by atoms with Gasteiger partial charge in [0.15, 0.2) is 0 Å². The molecule has 2 rings (SSSR count). The van der Waals surface area contributed by atoms with E-state index in [1.54, 1.807) is 6.07 Å². The van der Waals surface area contributed by atoms with Gasteiger partial charge in [0.05, 0.1) is 0 Å². The number of rotatable bonds is 5. The number of hydrogen-bond acceptors (Lipinski definition) is 4. The molecule has 0 radical (unpaired) electrons. The molecular weight excluding hydrogens is 270 g/mol. The summed E-state index contributed by atoms with van der Waals surface area (Å²) in [4.78, 5) is 14.3. The molecular formula is C15H23N3OS. The van der Waals surface area contributed by atoms with Crippen molar-refractivity contribution in [2.45, 2.75) is 25.0 Å². The van der Waals surface area contributed by atoms with Crippen LogP contribution in [0.1, 0.15) is 19.8 Å². The number of benzene rings is 1. The normalized spacial score (nSPS) is 19.8. The van der Waals surface area contributed by atoms with Gasteiger partial charge in [-0.3, -0.25) is 4.79 Å². The largest absolute Gasteiger partial charge is 0.399 e. The van der Waals surface area contributed by atoms with E-state index in [9.17, 15) is 4.79 Å². The molecule has 20 heavy (non-hydrogen) atoms. The van der Waals surface area contributed by atoms with Crippen LogP contribution in [0.2, 0.25) is 0 Å². The second-order valence-electron chi connectivity index (χ2n) is 5.26. The van der Waals surface area contributed by atoms with E-state index in [2.05, 4.69) is 17.1 Å². The Balaban J connectivity index is 1.67. The highest BCUT2D eigenvalue weighted by molar-refractivity contribution is 7.99. The quantitative estimate of drug-likeness (QED) is 0.819. The first kappa shape index (κ1) is 15.2. The van der Waals surface area contributed by atoms with Gasteiger partial charge in [0.1, 0.15) is 0 Å². The molecule has 1 atom stereocenters. The van der Waals surface area contributed by atoms with Gasteiger partial charge in [-0.15, -0.1) is 0 Å². The lowest BCUT2D eigenvalue weighted by atomic mass is 10.2. The Morgan fingerprint density at radius 1 is 1.55 bits per heavy atom. The molecule has 5 heteroatoms. The first-order chi connectivity index (χ1) is 9.63. The lowest BCUT2D eigenvalue weighted by Crippen LogP contribution is -2.37. The van der Waals surface area contributed by atoms with Crippen molar-refractivity contribution in [2.75, 3.05) is 36.4 Å². The van der Waals surface area contributed by atoms with Crippen LogP contribution in [0.3, 0.4) is 0 Å². The lowest BCUT2D eigenvalue weighted by molar-refractivity contribution is -0.116. The number of amides is 1. The molecule has 110 valence electrons. The summed E-state index contributed by atoms with van der Waals surface area (Å²) in [5.41, 5.74) is 7.13. The molecule has 1 aliphatic heterocycles. The highest BCUT2D eigenvalue weighted by atomic mass is 32.2. The van der Waals surface area contributed by atoms with Crippen LogP contribution < -0.4 is 11.1 Å². The Morgan fingerprint density at radius 3 is 3.15 bits per heavy atom. The van der Waals surface area contributed by atoms with E-state index < -0.39 is 0 Å². The number of thioether (sulfide) groups is 1. The molecule has 1 fully saturated rings. The van der Waals surface area contributed by atoms with Gasteiger partial charge in [0.2, 0.25) is 5.91 Å². The number of nitrogens with one attached hydrogen (secondary N) is 1. The molecule has 0 aliphatic carbocycles. The van der Waals surface area contributed by atoms with Crippen molar-refractivity contribution in [3.63, 3.8) is 0 Å². The molecule has 1 saturated heterocycles. The van der Waals surface area contributed by atoms with E-state index in [0.29, 0.717) is 17.4 Å². The molecule has 1 aromatic rings. The van der Waals surface area contributed by atoms with E-state index in [0.717, 1.165) is 31.7 Å². The predicted molar refractivity (Wildman–Crippen MR) is 87.1 cm³/mol. The monoisotopic (exact) mass is 293 g/mol. The summed E-state index contributed by atoms with van der Waals surface area (Å²) < 4.78 is 0. The van der Waals surface area contributed by atoms with Crippen LogP contribution in [0.4, 0.5) is 11.4 Å². The van der Waals surface area contributed by atoms with Gasteiger partial charge in [-0.2, -0.15) is 11.8 Å². The molecule has 0 aromatic heterocycles. The third-order valence-corrected chi connectivity index (χ3v) is 4.51. The summed E-state index contributed by atoms with van der Waals surface area (Å²) in [7, 11) is 0. The van der Waals surface area contributed by atoms with Crippen molar-refractivity contribution in [3.05, 3.63) is 24.3 Å². The number of nitrogen functional groups attached to an aromatic ring is 1. The van der Waals surface area contributed by atoms with Gasteiger partial charge < -0.3 is 16.0 Å². The average Bonchev–Trinajstić information content (AvgIpc) is 2.38.